The van der Waals surface area contributed by atoms with Crippen LogP contribution in [0.4, 0.5) is 5.69 Å². The molecule has 5 N–H and O–H groups in total. The minimum absolute atomic E-state index is 0. The summed E-state index contributed by atoms with van der Waals surface area (Å²) in [4.78, 5) is 0. The molecule has 0 saturated heterocycles. The van der Waals surface area contributed by atoms with Crippen LogP contribution in [0.3, 0.4) is 0 Å². The van der Waals surface area contributed by atoms with Crippen LogP contribution in [0.1, 0.15) is 0 Å². The molecule has 4 nitrogen and oxygen atoms in total. The van der Waals surface area contributed by atoms with Gasteiger partial charge in [0.1, 0.15) is 0 Å². The van der Waals surface area contributed by atoms with Crippen molar-refractivity contribution in [2.75, 3.05) is 5.73 Å². The zero-order valence-electron chi connectivity index (χ0n) is 5.88. The van der Waals surface area contributed by atoms with Crippen LogP contribution in [0.5, 0.6) is 0 Å². The number of hydrogen-bond acceptors (Lipinski definition) is 4. The molecule has 1 aromatic carbocycles. The average Bonchev–Trinajstić information content (AvgIpc) is 1.87. The van der Waals surface area contributed by atoms with Crippen LogP contribution in [0.25, 0.3) is 0 Å². The van der Waals surface area contributed by atoms with Crippen molar-refractivity contribution in [2.45, 2.75) is 0 Å². The predicted octanol–water partition coefficient (Wildman–Crippen LogP) is -1.43. The quantitative estimate of drug-likeness (QED) is 0.290. The number of para-hydroxylation sites is 1. The van der Waals surface area contributed by atoms with E-state index in [1.54, 1.807) is 0 Å². The molecule has 0 aliphatic rings. The molecule has 0 unspecified atom stereocenters. The van der Waals surface area contributed by atoms with Crippen molar-refractivity contribution in [1.82, 2.24) is 0 Å². The van der Waals surface area contributed by atoms with Crippen molar-refractivity contribution in [3.63, 3.8) is 0 Å². The Hall–Kier alpha value is -0.0351. The molecule has 0 fully saturated rings. The van der Waals surface area contributed by atoms with Crippen molar-refractivity contribution in [2.24, 2.45) is 0 Å². The van der Waals surface area contributed by atoms with Crippen LogP contribution in [0.2, 0.25) is 0 Å². The van der Waals surface area contributed by atoms with Crippen molar-refractivity contribution < 1.29 is 15.1 Å². The van der Waals surface area contributed by atoms with E-state index in [1.807, 2.05) is 30.3 Å². The SMILES string of the molecule is Nc1ccccc1.OB(O)O.[NaH]. The summed E-state index contributed by atoms with van der Waals surface area (Å²) in [6, 6.07) is 9.49. The number of nitrogens with two attached hydrogens (primary N) is 1. The van der Waals surface area contributed by atoms with Gasteiger partial charge in [0, 0.05) is 5.69 Å². The van der Waals surface area contributed by atoms with Gasteiger partial charge in [0.2, 0.25) is 0 Å². The summed E-state index contributed by atoms with van der Waals surface area (Å²) >= 11 is 0. The van der Waals surface area contributed by atoms with Crippen molar-refractivity contribution >= 4 is 42.6 Å². The van der Waals surface area contributed by atoms with E-state index in [0.717, 1.165) is 5.69 Å². The van der Waals surface area contributed by atoms with Crippen LogP contribution < -0.4 is 5.73 Å². The van der Waals surface area contributed by atoms with Crippen LogP contribution in [-0.2, 0) is 0 Å². The van der Waals surface area contributed by atoms with E-state index in [9.17, 15) is 0 Å². The van der Waals surface area contributed by atoms with Gasteiger partial charge in [-0.25, -0.2) is 0 Å². The summed E-state index contributed by atoms with van der Waals surface area (Å²) in [5.41, 5.74) is 6.18. The Labute approximate surface area is 93.5 Å². The number of benzene rings is 1. The van der Waals surface area contributed by atoms with Crippen LogP contribution in [-0.4, -0.2) is 52.0 Å². The number of rotatable bonds is 0. The molecule has 0 amide bonds. The maximum atomic E-state index is 7.17. The van der Waals surface area contributed by atoms with Crippen LogP contribution >= 0.6 is 0 Å². The monoisotopic (exact) mass is 179 g/mol. The molecule has 0 saturated carbocycles. The summed E-state index contributed by atoms with van der Waals surface area (Å²) in [6.07, 6.45) is 0. The second-order valence-corrected chi connectivity index (χ2v) is 1.76. The fourth-order valence-corrected chi connectivity index (χ4v) is 0.453. The van der Waals surface area contributed by atoms with Gasteiger partial charge in [-0.05, 0) is 12.1 Å². The molecule has 0 aliphatic heterocycles. The molecule has 1 aromatic rings. The van der Waals surface area contributed by atoms with Crippen LogP contribution in [0, 0.1) is 0 Å². The van der Waals surface area contributed by atoms with Gasteiger partial charge < -0.3 is 20.8 Å². The molecule has 1 rings (SSSR count). The van der Waals surface area contributed by atoms with Gasteiger partial charge >= 0.3 is 36.9 Å². The Balaban J connectivity index is 0. The molecule has 0 spiro atoms. The first-order chi connectivity index (χ1) is 5.13. The topological polar surface area (TPSA) is 86.7 Å². The zero-order valence-corrected chi connectivity index (χ0v) is 5.88. The molecule has 0 radical (unpaired) electrons. The summed E-state index contributed by atoms with van der Waals surface area (Å²) < 4.78 is 0. The van der Waals surface area contributed by atoms with E-state index in [4.69, 9.17) is 20.8 Å². The molecule has 62 valence electrons. The molecular formula is C6H11BNNaO3. The predicted molar refractivity (Wildman–Crippen MR) is 50.4 cm³/mol. The molecule has 0 bridgehead atoms. The first kappa shape index (κ1) is 14.5. The fourth-order valence-electron chi connectivity index (χ4n) is 0.453. The Morgan fingerprint density at radius 3 is 1.50 bits per heavy atom. The van der Waals surface area contributed by atoms with Gasteiger partial charge in [-0.3, -0.25) is 0 Å². The third-order valence-corrected chi connectivity index (χ3v) is 0.800. The second kappa shape index (κ2) is 9.06. The first-order valence-electron chi connectivity index (χ1n) is 2.97. The third kappa shape index (κ3) is 12.6. The second-order valence-electron chi connectivity index (χ2n) is 1.76. The summed E-state index contributed by atoms with van der Waals surface area (Å²) in [6.45, 7) is 0. The average molecular weight is 179 g/mol. The van der Waals surface area contributed by atoms with E-state index < -0.39 is 7.32 Å². The van der Waals surface area contributed by atoms with Crippen molar-refractivity contribution in [3.05, 3.63) is 30.3 Å². The number of nitrogen functional groups attached to an aromatic ring is 1. The van der Waals surface area contributed by atoms with E-state index in [-0.39, 0.29) is 29.6 Å². The molecule has 6 heteroatoms. The molecule has 0 atom stereocenters. The van der Waals surface area contributed by atoms with Crippen molar-refractivity contribution in [1.29, 1.82) is 0 Å². The normalized spacial score (nSPS) is 7.25. The van der Waals surface area contributed by atoms with Crippen molar-refractivity contribution in [3.8, 4) is 0 Å². The Morgan fingerprint density at radius 1 is 1.00 bits per heavy atom. The first-order valence-corrected chi connectivity index (χ1v) is 2.97. The Kier molecular flexibility index (Phi) is 10.9. The molecule has 0 heterocycles. The standard InChI is InChI=1S/C6H7N.BH3O3.Na.H/c7-6-4-2-1-3-5-6;2-1(3)4;;/h1-5H,7H2;2-4H;;. The minimum atomic E-state index is -2.17. The van der Waals surface area contributed by atoms with E-state index in [1.165, 1.54) is 0 Å². The maximum absolute atomic E-state index is 7.17. The van der Waals surface area contributed by atoms with Gasteiger partial charge in [0.25, 0.3) is 0 Å². The van der Waals surface area contributed by atoms with Crippen LogP contribution in [0.15, 0.2) is 30.3 Å². The van der Waals surface area contributed by atoms with Gasteiger partial charge in [0.05, 0.1) is 0 Å². The molecular weight excluding hydrogens is 168 g/mol. The van der Waals surface area contributed by atoms with Gasteiger partial charge in [0.15, 0.2) is 0 Å². The third-order valence-electron chi connectivity index (χ3n) is 0.800. The molecule has 0 aliphatic carbocycles. The van der Waals surface area contributed by atoms with E-state index >= 15 is 0 Å². The van der Waals surface area contributed by atoms with E-state index in [2.05, 4.69) is 0 Å². The number of hydrogen-bond donors (Lipinski definition) is 4. The zero-order chi connectivity index (χ0) is 8.69. The molecule has 0 aromatic heterocycles. The van der Waals surface area contributed by atoms with E-state index in [0.29, 0.717) is 0 Å². The van der Waals surface area contributed by atoms with Gasteiger partial charge in [-0.1, -0.05) is 18.2 Å². The summed E-state index contributed by atoms with van der Waals surface area (Å²) in [5, 5.41) is 21.5. The fraction of sp³-hybridized carbons (Fsp3) is 0. The summed E-state index contributed by atoms with van der Waals surface area (Å²) in [5.74, 6) is 0. The molecule has 12 heavy (non-hydrogen) atoms. The van der Waals surface area contributed by atoms with Gasteiger partial charge in [-0.15, -0.1) is 0 Å². The van der Waals surface area contributed by atoms with Gasteiger partial charge in [-0.2, -0.15) is 0 Å². The number of anilines is 1. The Morgan fingerprint density at radius 2 is 1.33 bits per heavy atom. The Bertz CT molecular complexity index is 183. The summed E-state index contributed by atoms with van der Waals surface area (Å²) in [7, 11) is -2.17.